The van der Waals surface area contributed by atoms with Crippen LogP contribution in [0.1, 0.15) is 32.1 Å². The van der Waals surface area contributed by atoms with Gasteiger partial charge in [0.15, 0.2) is 0 Å². The third kappa shape index (κ3) is 1.41. The summed E-state index contributed by atoms with van der Waals surface area (Å²) in [5, 5.41) is 3.73. The molecule has 1 aromatic rings. The fourth-order valence-corrected chi connectivity index (χ4v) is 4.90. The molecule has 0 radical (unpaired) electrons. The normalized spacial score (nSPS) is 38.5. The molecule has 1 spiro atoms. The van der Waals surface area contributed by atoms with Crippen LogP contribution in [0.4, 0.5) is 5.95 Å². The molecule has 3 fully saturated rings. The van der Waals surface area contributed by atoms with Crippen LogP contribution >= 0.6 is 31.9 Å². The van der Waals surface area contributed by atoms with E-state index in [0.29, 0.717) is 5.54 Å². The maximum Gasteiger partial charge on any atom is 0.205 e. The number of hydrogen-bond donors (Lipinski definition) is 1. The van der Waals surface area contributed by atoms with Crippen molar-refractivity contribution >= 4 is 37.8 Å². The Morgan fingerprint density at radius 2 is 2.00 bits per heavy atom. The summed E-state index contributed by atoms with van der Waals surface area (Å²) >= 11 is 7.09. The Bertz CT molecular complexity index is 476. The van der Waals surface area contributed by atoms with E-state index in [0.717, 1.165) is 33.5 Å². The number of halogens is 2. The van der Waals surface area contributed by atoms with E-state index in [2.05, 4.69) is 46.7 Å². The summed E-state index contributed by atoms with van der Waals surface area (Å²) in [6.07, 6.45) is 7.04. The maximum absolute atomic E-state index is 4.55. The highest BCUT2D eigenvalue weighted by Gasteiger charge is 2.51. The monoisotopic (exact) mass is 359 g/mol. The molecular weight excluding hydrogens is 346 g/mol. The predicted octanol–water partition coefficient (Wildman–Crippen LogP) is 3.78. The molecule has 1 aromatic heterocycles. The first-order valence-electron chi connectivity index (χ1n) is 6.38. The lowest BCUT2D eigenvalue weighted by Crippen LogP contribution is -2.52. The fourth-order valence-electron chi connectivity index (χ4n) is 4.14. The van der Waals surface area contributed by atoms with Crippen molar-refractivity contribution in [2.24, 2.45) is 11.8 Å². The number of fused-ring (bicyclic) bond motifs is 3. The van der Waals surface area contributed by atoms with Crippen molar-refractivity contribution < 1.29 is 0 Å². The van der Waals surface area contributed by atoms with Crippen molar-refractivity contribution in [1.82, 2.24) is 9.55 Å². The summed E-state index contributed by atoms with van der Waals surface area (Å²) in [5.74, 6) is 2.83. The van der Waals surface area contributed by atoms with Crippen LogP contribution in [0.2, 0.25) is 0 Å². The molecule has 5 rings (SSSR count). The number of anilines is 1. The Labute approximate surface area is 118 Å². The average molecular weight is 361 g/mol. The van der Waals surface area contributed by atoms with Crippen LogP contribution in [-0.4, -0.2) is 15.1 Å². The van der Waals surface area contributed by atoms with Gasteiger partial charge in [0.05, 0.1) is 12.1 Å². The van der Waals surface area contributed by atoms with Gasteiger partial charge in [0.2, 0.25) is 5.95 Å². The highest BCUT2D eigenvalue weighted by atomic mass is 79.9. The van der Waals surface area contributed by atoms with E-state index in [1.165, 1.54) is 32.1 Å². The average Bonchev–Trinajstić information content (AvgIpc) is 2.79. The number of nitrogens with zero attached hydrogens (tertiary/aromatic N) is 2. The van der Waals surface area contributed by atoms with Gasteiger partial charge in [-0.15, -0.1) is 0 Å². The number of rotatable bonds is 0. The van der Waals surface area contributed by atoms with Gasteiger partial charge in [-0.2, -0.15) is 0 Å². The molecule has 0 unspecified atom stereocenters. The highest BCUT2D eigenvalue weighted by Crippen LogP contribution is 2.52. The summed E-state index contributed by atoms with van der Waals surface area (Å²) < 4.78 is 4.28. The van der Waals surface area contributed by atoms with Crippen molar-refractivity contribution in [1.29, 1.82) is 0 Å². The molecule has 17 heavy (non-hydrogen) atoms. The summed E-state index contributed by atoms with van der Waals surface area (Å²) in [5.41, 5.74) is 0.312. The first-order valence-corrected chi connectivity index (χ1v) is 7.96. The second-order valence-corrected chi connectivity index (χ2v) is 7.31. The van der Waals surface area contributed by atoms with Crippen molar-refractivity contribution in [3.05, 3.63) is 9.21 Å². The van der Waals surface area contributed by atoms with Crippen LogP contribution in [-0.2, 0) is 6.54 Å². The van der Waals surface area contributed by atoms with Crippen LogP contribution < -0.4 is 5.32 Å². The van der Waals surface area contributed by atoms with Gasteiger partial charge in [-0.25, -0.2) is 4.98 Å². The van der Waals surface area contributed by atoms with Crippen LogP contribution in [0.5, 0.6) is 0 Å². The van der Waals surface area contributed by atoms with Crippen LogP contribution in [0.15, 0.2) is 9.21 Å². The highest BCUT2D eigenvalue weighted by molar-refractivity contribution is 9.13. The van der Waals surface area contributed by atoms with Gasteiger partial charge < -0.3 is 9.88 Å². The molecule has 3 saturated carbocycles. The molecular formula is C12H15Br2N3. The van der Waals surface area contributed by atoms with Crippen molar-refractivity contribution in [2.45, 2.75) is 44.2 Å². The maximum atomic E-state index is 4.55. The van der Waals surface area contributed by atoms with Gasteiger partial charge in [-0.1, -0.05) is 12.8 Å². The van der Waals surface area contributed by atoms with Gasteiger partial charge in [0.25, 0.3) is 0 Å². The van der Waals surface area contributed by atoms with E-state index in [1.54, 1.807) is 0 Å². The lowest BCUT2D eigenvalue weighted by molar-refractivity contribution is 0.0813. The summed E-state index contributed by atoms with van der Waals surface area (Å²) in [4.78, 5) is 4.55. The zero-order valence-electron chi connectivity index (χ0n) is 9.55. The quantitative estimate of drug-likeness (QED) is 0.762. The van der Waals surface area contributed by atoms with Crippen molar-refractivity contribution in [2.75, 3.05) is 5.32 Å². The molecule has 2 heterocycles. The molecule has 0 saturated heterocycles. The predicted molar refractivity (Wildman–Crippen MR) is 74.0 cm³/mol. The standard InChI is InChI=1S/C12H15Br2N3/c13-9-10(14)17-6-12(16-11(17)15-9)5-7-1-3-8(12)4-2-7/h7-8H,1-6H2,(H,15,16)/t7?,8?,12-/m0/s1. The number of nitrogens with one attached hydrogen (secondary N) is 1. The van der Waals surface area contributed by atoms with E-state index in [-0.39, 0.29) is 0 Å². The lowest BCUT2D eigenvalue weighted by Gasteiger charge is -2.49. The smallest absolute Gasteiger partial charge is 0.205 e. The Morgan fingerprint density at radius 3 is 2.59 bits per heavy atom. The van der Waals surface area contributed by atoms with E-state index < -0.39 is 0 Å². The molecule has 4 aliphatic rings. The van der Waals surface area contributed by atoms with Crippen molar-refractivity contribution in [3.8, 4) is 0 Å². The lowest BCUT2D eigenvalue weighted by atomic mass is 9.60. The zero-order chi connectivity index (χ0) is 11.6. The third-order valence-corrected chi connectivity index (χ3v) is 6.84. The Hall–Kier alpha value is -0.0300. The minimum atomic E-state index is 0.312. The Balaban J connectivity index is 1.71. The van der Waals surface area contributed by atoms with Gasteiger partial charge in [0, 0.05) is 0 Å². The van der Waals surface area contributed by atoms with Crippen LogP contribution in [0.3, 0.4) is 0 Å². The first-order chi connectivity index (χ1) is 8.18. The van der Waals surface area contributed by atoms with E-state index >= 15 is 0 Å². The number of imidazole rings is 1. The first kappa shape index (κ1) is 10.9. The number of aromatic nitrogens is 2. The Morgan fingerprint density at radius 1 is 1.24 bits per heavy atom. The van der Waals surface area contributed by atoms with Crippen molar-refractivity contribution in [3.63, 3.8) is 0 Å². The molecule has 1 N–H and O–H groups in total. The summed E-state index contributed by atoms with van der Waals surface area (Å²) in [6, 6.07) is 0. The van der Waals surface area contributed by atoms with Gasteiger partial charge in [-0.05, 0) is 63.0 Å². The SMILES string of the molecule is Brc1nc2n(c1Br)C[C@]1(CC3CCC1CC3)N2. The molecule has 1 atom stereocenters. The molecule has 5 heteroatoms. The zero-order valence-corrected chi connectivity index (χ0v) is 12.7. The summed E-state index contributed by atoms with van der Waals surface area (Å²) in [6.45, 7) is 1.09. The second kappa shape index (κ2) is 3.50. The number of hydrogen-bond acceptors (Lipinski definition) is 2. The van der Waals surface area contributed by atoms with Gasteiger partial charge in [-0.3, -0.25) is 0 Å². The third-order valence-electron chi connectivity index (χ3n) is 4.95. The van der Waals surface area contributed by atoms with E-state index in [1.807, 2.05) is 0 Å². The second-order valence-electron chi connectivity index (χ2n) is 5.81. The summed E-state index contributed by atoms with van der Waals surface area (Å²) in [7, 11) is 0. The van der Waals surface area contributed by atoms with Crippen LogP contribution in [0, 0.1) is 11.8 Å². The minimum absolute atomic E-state index is 0.312. The van der Waals surface area contributed by atoms with E-state index in [4.69, 9.17) is 0 Å². The Kier molecular flexibility index (Phi) is 2.24. The van der Waals surface area contributed by atoms with Crippen LogP contribution in [0.25, 0.3) is 0 Å². The molecule has 1 aliphatic heterocycles. The fraction of sp³-hybridized carbons (Fsp3) is 0.750. The van der Waals surface area contributed by atoms with E-state index in [9.17, 15) is 0 Å². The molecule has 2 bridgehead atoms. The largest absolute Gasteiger partial charge is 0.348 e. The molecule has 92 valence electrons. The topological polar surface area (TPSA) is 29.9 Å². The van der Waals surface area contributed by atoms with Gasteiger partial charge in [0.1, 0.15) is 9.21 Å². The molecule has 3 aliphatic carbocycles. The molecule has 0 aromatic carbocycles. The minimum Gasteiger partial charge on any atom is -0.348 e. The molecule has 3 nitrogen and oxygen atoms in total. The molecule has 0 amide bonds. The van der Waals surface area contributed by atoms with Gasteiger partial charge >= 0.3 is 0 Å².